The number of halogens is 1. The zero-order valence-electron chi connectivity index (χ0n) is 15.3. The second-order valence-electron chi connectivity index (χ2n) is 6.76. The number of amides is 2. The number of thiazole rings is 1. The summed E-state index contributed by atoms with van der Waals surface area (Å²) in [6.45, 7) is 3.24. The first-order valence-corrected chi connectivity index (χ1v) is 10.1. The Morgan fingerprint density at radius 1 is 1.04 bits per heavy atom. The minimum absolute atomic E-state index is 0.0372. The number of nitrogens with one attached hydrogen (secondary N) is 1. The third-order valence-corrected chi connectivity index (χ3v) is 5.94. The average molecular weight is 415 g/mol. The summed E-state index contributed by atoms with van der Waals surface area (Å²) in [4.78, 5) is 33.7. The van der Waals surface area contributed by atoms with Crippen LogP contribution in [0.5, 0.6) is 0 Å². The monoisotopic (exact) mass is 414 g/mol. The van der Waals surface area contributed by atoms with Gasteiger partial charge in [-0.1, -0.05) is 22.9 Å². The van der Waals surface area contributed by atoms with Crippen LogP contribution in [-0.2, 0) is 0 Å². The second kappa shape index (κ2) is 7.87. The van der Waals surface area contributed by atoms with Gasteiger partial charge in [0.15, 0.2) is 5.13 Å². The van der Waals surface area contributed by atoms with Crippen LogP contribution in [0.25, 0.3) is 10.2 Å². The van der Waals surface area contributed by atoms with Crippen molar-refractivity contribution in [3.05, 3.63) is 58.6 Å². The molecule has 0 spiro atoms. The Labute approximate surface area is 171 Å². The SMILES string of the molecule is CN1CCN(C(=O)c2ccc3nc(NC(=O)c4ccc(Cl)cc4)sc3c2)CC1. The van der Waals surface area contributed by atoms with E-state index in [1.165, 1.54) is 11.3 Å². The molecule has 1 aliphatic rings. The summed E-state index contributed by atoms with van der Waals surface area (Å²) in [6, 6.07) is 12.2. The largest absolute Gasteiger partial charge is 0.336 e. The van der Waals surface area contributed by atoms with Gasteiger partial charge in [-0.3, -0.25) is 14.9 Å². The average Bonchev–Trinajstić information content (AvgIpc) is 3.09. The highest BCUT2D eigenvalue weighted by Gasteiger charge is 2.21. The molecule has 1 aromatic heterocycles. The summed E-state index contributed by atoms with van der Waals surface area (Å²) in [5, 5.41) is 3.89. The van der Waals surface area contributed by atoms with Gasteiger partial charge in [0, 0.05) is 42.3 Å². The van der Waals surface area contributed by atoms with Crippen molar-refractivity contribution in [3.63, 3.8) is 0 Å². The lowest BCUT2D eigenvalue weighted by atomic mass is 10.1. The van der Waals surface area contributed by atoms with Gasteiger partial charge < -0.3 is 9.80 Å². The maximum atomic E-state index is 12.8. The van der Waals surface area contributed by atoms with Crippen molar-refractivity contribution in [2.75, 3.05) is 38.5 Å². The topological polar surface area (TPSA) is 65.5 Å². The Kier molecular flexibility index (Phi) is 5.30. The Morgan fingerprint density at radius 3 is 2.43 bits per heavy atom. The molecule has 8 heteroatoms. The van der Waals surface area contributed by atoms with Crippen LogP contribution < -0.4 is 5.32 Å². The van der Waals surface area contributed by atoms with Gasteiger partial charge in [-0.15, -0.1) is 0 Å². The zero-order chi connectivity index (χ0) is 19.7. The summed E-state index contributed by atoms with van der Waals surface area (Å²) in [7, 11) is 2.06. The summed E-state index contributed by atoms with van der Waals surface area (Å²) in [6.07, 6.45) is 0. The highest BCUT2D eigenvalue weighted by Crippen LogP contribution is 2.28. The normalized spacial score (nSPS) is 15.0. The van der Waals surface area contributed by atoms with Crippen molar-refractivity contribution >= 4 is 50.1 Å². The Morgan fingerprint density at radius 2 is 1.71 bits per heavy atom. The van der Waals surface area contributed by atoms with E-state index in [0.29, 0.717) is 21.3 Å². The van der Waals surface area contributed by atoms with Crippen LogP contribution in [0.3, 0.4) is 0 Å². The number of carbonyl (C=O) groups is 2. The van der Waals surface area contributed by atoms with Gasteiger partial charge in [-0.2, -0.15) is 0 Å². The van der Waals surface area contributed by atoms with Gasteiger partial charge in [0.1, 0.15) is 0 Å². The van der Waals surface area contributed by atoms with Crippen LogP contribution in [0.2, 0.25) is 5.02 Å². The lowest BCUT2D eigenvalue weighted by molar-refractivity contribution is 0.0664. The molecule has 0 radical (unpaired) electrons. The number of hydrogen-bond acceptors (Lipinski definition) is 5. The zero-order valence-corrected chi connectivity index (χ0v) is 16.9. The molecule has 0 unspecified atom stereocenters. The number of rotatable bonds is 3. The molecule has 0 atom stereocenters. The Hall–Kier alpha value is -2.48. The molecule has 1 saturated heterocycles. The molecule has 0 bridgehead atoms. The van der Waals surface area contributed by atoms with E-state index >= 15 is 0 Å². The highest BCUT2D eigenvalue weighted by molar-refractivity contribution is 7.22. The summed E-state index contributed by atoms with van der Waals surface area (Å²) in [5.41, 5.74) is 1.91. The van der Waals surface area contributed by atoms with Crippen molar-refractivity contribution in [3.8, 4) is 0 Å². The van der Waals surface area contributed by atoms with Crippen LogP contribution >= 0.6 is 22.9 Å². The number of carbonyl (C=O) groups excluding carboxylic acids is 2. The smallest absolute Gasteiger partial charge is 0.257 e. The maximum Gasteiger partial charge on any atom is 0.257 e. The summed E-state index contributed by atoms with van der Waals surface area (Å²) >= 11 is 7.21. The Bertz CT molecular complexity index is 1030. The van der Waals surface area contributed by atoms with Crippen molar-refractivity contribution < 1.29 is 9.59 Å². The molecule has 4 rings (SSSR count). The van der Waals surface area contributed by atoms with Crippen molar-refractivity contribution in [2.24, 2.45) is 0 Å². The molecule has 1 N–H and O–H groups in total. The van der Waals surface area contributed by atoms with Gasteiger partial charge in [-0.05, 0) is 49.5 Å². The number of aromatic nitrogens is 1. The first-order chi connectivity index (χ1) is 13.5. The lowest BCUT2D eigenvalue weighted by Crippen LogP contribution is -2.47. The minimum Gasteiger partial charge on any atom is -0.336 e. The third kappa shape index (κ3) is 4.01. The van der Waals surface area contributed by atoms with Gasteiger partial charge in [0.25, 0.3) is 11.8 Å². The van der Waals surface area contributed by atoms with Crippen LogP contribution in [0.1, 0.15) is 20.7 Å². The van der Waals surface area contributed by atoms with Gasteiger partial charge in [0.2, 0.25) is 0 Å². The molecule has 2 heterocycles. The number of piperazine rings is 1. The minimum atomic E-state index is -0.246. The van der Waals surface area contributed by atoms with Gasteiger partial charge in [-0.25, -0.2) is 4.98 Å². The molecule has 6 nitrogen and oxygen atoms in total. The fourth-order valence-electron chi connectivity index (χ4n) is 3.07. The van der Waals surface area contributed by atoms with E-state index in [4.69, 9.17) is 11.6 Å². The predicted octanol–water partition coefficient (Wildman–Crippen LogP) is 3.59. The molecule has 1 aliphatic heterocycles. The van der Waals surface area contributed by atoms with E-state index in [2.05, 4.69) is 22.2 Å². The van der Waals surface area contributed by atoms with Gasteiger partial charge in [0.05, 0.1) is 10.2 Å². The molecule has 0 saturated carbocycles. The molecule has 2 aromatic carbocycles. The predicted molar refractivity (Wildman–Crippen MR) is 112 cm³/mol. The maximum absolute atomic E-state index is 12.8. The first-order valence-electron chi connectivity index (χ1n) is 8.95. The summed E-state index contributed by atoms with van der Waals surface area (Å²) < 4.78 is 0.867. The molecule has 0 aliphatic carbocycles. The first kappa shape index (κ1) is 18.9. The second-order valence-corrected chi connectivity index (χ2v) is 8.23. The van der Waals surface area contributed by atoms with E-state index < -0.39 is 0 Å². The third-order valence-electron chi connectivity index (χ3n) is 4.75. The number of benzene rings is 2. The van der Waals surface area contributed by atoms with E-state index in [1.807, 2.05) is 17.0 Å². The molecule has 1 fully saturated rings. The van der Waals surface area contributed by atoms with E-state index in [1.54, 1.807) is 30.3 Å². The molecule has 144 valence electrons. The van der Waals surface area contributed by atoms with Crippen LogP contribution in [0.4, 0.5) is 5.13 Å². The number of likely N-dealkylation sites (N-methyl/N-ethyl adjacent to an activating group) is 1. The van der Waals surface area contributed by atoms with Crippen LogP contribution in [0, 0.1) is 0 Å². The van der Waals surface area contributed by atoms with Crippen molar-refractivity contribution in [1.82, 2.24) is 14.8 Å². The fraction of sp³-hybridized carbons (Fsp3) is 0.250. The lowest BCUT2D eigenvalue weighted by Gasteiger charge is -2.32. The molecule has 3 aromatic rings. The standard InChI is InChI=1S/C20H19ClN4O2S/c1-24-8-10-25(11-9-24)19(27)14-4-7-16-17(12-14)28-20(22-16)23-18(26)13-2-5-15(21)6-3-13/h2-7,12H,8-11H2,1H3,(H,22,23,26). The van der Waals surface area contributed by atoms with Gasteiger partial charge >= 0.3 is 0 Å². The number of nitrogens with zero attached hydrogens (tertiary/aromatic N) is 3. The van der Waals surface area contributed by atoms with Crippen LogP contribution in [0.15, 0.2) is 42.5 Å². The summed E-state index contributed by atoms with van der Waals surface area (Å²) in [5.74, 6) is -0.209. The molecule has 2 amide bonds. The fourth-order valence-corrected chi connectivity index (χ4v) is 4.10. The van der Waals surface area contributed by atoms with Crippen molar-refractivity contribution in [2.45, 2.75) is 0 Å². The number of anilines is 1. The van der Waals surface area contributed by atoms with E-state index in [0.717, 1.165) is 36.4 Å². The Balaban J connectivity index is 1.50. The number of hydrogen-bond donors (Lipinski definition) is 1. The number of fused-ring (bicyclic) bond motifs is 1. The molecular formula is C20H19ClN4O2S. The molecule has 28 heavy (non-hydrogen) atoms. The quantitative estimate of drug-likeness (QED) is 0.711. The van der Waals surface area contributed by atoms with E-state index in [9.17, 15) is 9.59 Å². The highest BCUT2D eigenvalue weighted by atomic mass is 35.5. The van der Waals surface area contributed by atoms with Crippen LogP contribution in [-0.4, -0.2) is 59.8 Å². The van der Waals surface area contributed by atoms with E-state index in [-0.39, 0.29) is 11.8 Å². The molecular weight excluding hydrogens is 396 g/mol. The van der Waals surface area contributed by atoms with Crippen molar-refractivity contribution in [1.29, 1.82) is 0 Å².